The van der Waals surface area contributed by atoms with Crippen molar-refractivity contribution in [2.45, 2.75) is 13.5 Å². The molecule has 1 N–H and O–H groups in total. The molecule has 2 rings (SSSR count). The van der Waals surface area contributed by atoms with Gasteiger partial charge in [-0.2, -0.15) is 0 Å². The van der Waals surface area contributed by atoms with Crippen LogP contribution >= 0.6 is 0 Å². The Balaban J connectivity index is 2.11. The first kappa shape index (κ1) is 13.3. The Morgan fingerprint density at radius 2 is 2.00 bits per heavy atom. The summed E-state index contributed by atoms with van der Waals surface area (Å²) in [4.78, 5) is 6.50. The molecule has 19 heavy (non-hydrogen) atoms. The van der Waals surface area contributed by atoms with E-state index in [0.29, 0.717) is 6.54 Å². The van der Waals surface area contributed by atoms with Crippen molar-refractivity contribution < 1.29 is 4.39 Å². The second kappa shape index (κ2) is 6.18. The van der Waals surface area contributed by atoms with Gasteiger partial charge in [-0.3, -0.25) is 0 Å². The first-order valence-corrected chi connectivity index (χ1v) is 6.35. The van der Waals surface area contributed by atoms with Gasteiger partial charge in [0.1, 0.15) is 17.5 Å². The van der Waals surface area contributed by atoms with Gasteiger partial charge in [-0.25, -0.2) is 9.37 Å². The summed E-state index contributed by atoms with van der Waals surface area (Å²) in [6.07, 6.45) is 0. The van der Waals surface area contributed by atoms with Crippen LogP contribution in [0, 0.1) is 5.82 Å². The number of hydrogen-bond donors (Lipinski definition) is 1. The van der Waals surface area contributed by atoms with E-state index in [-0.39, 0.29) is 5.82 Å². The molecule has 0 aliphatic rings. The molecule has 0 radical (unpaired) electrons. The van der Waals surface area contributed by atoms with Crippen LogP contribution in [0.15, 0.2) is 42.5 Å². The van der Waals surface area contributed by atoms with Crippen molar-refractivity contribution in [3.8, 4) is 0 Å². The summed E-state index contributed by atoms with van der Waals surface area (Å²) in [6.45, 7) is 3.50. The predicted octanol–water partition coefficient (Wildman–Crippen LogP) is 3.29. The quantitative estimate of drug-likeness (QED) is 0.893. The number of pyridine rings is 1. The number of benzene rings is 1. The summed E-state index contributed by atoms with van der Waals surface area (Å²) in [7, 11) is 1.95. The van der Waals surface area contributed by atoms with E-state index in [1.165, 1.54) is 6.07 Å². The van der Waals surface area contributed by atoms with Crippen LogP contribution in [-0.2, 0) is 6.54 Å². The van der Waals surface area contributed by atoms with Gasteiger partial charge in [0.2, 0.25) is 0 Å². The zero-order chi connectivity index (χ0) is 13.7. The van der Waals surface area contributed by atoms with Crippen molar-refractivity contribution in [2.24, 2.45) is 0 Å². The van der Waals surface area contributed by atoms with Crippen molar-refractivity contribution in [3.05, 3.63) is 53.8 Å². The summed E-state index contributed by atoms with van der Waals surface area (Å²) < 4.78 is 13.1. The van der Waals surface area contributed by atoms with Crippen molar-refractivity contribution in [1.82, 2.24) is 4.98 Å². The lowest BCUT2D eigenvalue weighted by Gasteiger charge is -2.19. The highest BCUT2D eigenvalue weighted by Gasteiger charge is 2.05. The lowest BCUT2D eigenvalue weighted by Crippen LogP contribution is -2.18. The highest BCUT2D eigenvalue weighted by molar-refractivity contribution is 5.46. The standard InChI is InChI=1S/C15H18FN3/c1-3-17-14-8-5-9-15(18-14)19(2)11-12-6-4-7-13(16)10-12/h4-10H,3,11H2,1-2H3,(H,17,18). The summed E-state index contributed by atoms with van der Waals surface area (Å²) >= 11 is 0. The smallest absolute Gasteiger partial charge is 0.130 e. The molecular formula is C15H18FN3. The van der Waals surface area contributed by atoms with Crippen LogP contribution in [0.5, 0.6) is 0 Å². The number of hydrogen-bond acceptors (Lipinski definition) is 3. The van der Waals surface area contributed by atoms with E-state index in [0.717, 1.165) is 23.7 Å². The van der Waals surface area contributed by atoms with E-state index in [1.807, 2.05) is 43.1 Å². The number of anilines is 2. The van der Waals surface area contributed by atoms with E-state index in [9.17, 15) is 4.39 Å². The van der Waals surface area contributed by atoms with E-state index >= 15 is 0 Å². The highest BCUT2D eigenvalue weighted by atomic mass is 19.1. The topological polar surface area (TPSA) is 28.2 Å². The van der Waals surface area contributed by atoms with Gasteiger partial charge in [0.05, 0.1) is 0 Å². The molecule has 0 spiro atoms. The van der Waals surface area contributed by atoms with Crippen molar-refractivity contribution in [3.63, 3.8) is 0 Å². The fourth-order valence-electron chi connectivity index (χ4n) is 1.91. The monoisotopic (exact) mass is 259 g/mol. The van der Waals surface area contributed by atoms with Crippen LogP contribution in [-0.4, -0.2) is 18.6 Å². The third-order valence-corrected chi connectivity index (χ3v) is 2.79. The fraction of sp³-hybridized carbons (Fsp3) is 0.267. The summed E-state index contributed by atoms with van der Waals surface area (Å²) in [5.74, 6) is 1.51. The molecule has 3 nitrogen and oxygen atoms in total. The molecule has 2 aromatic rings. The van der Waals surface area contributed by atoms with Gasteiger partial charge >= 0.3 is 0 Å². The number of halogens is 1. The summed E-state index contributed by atoms with van der Waals surface area (Å²) in [6, 6.07) is 12.5. The van der Waals surface area contributed by atoms with Gasteiger partial charge in [-0.15, -0.1) is 0 Å². The van der Waals surface area contributed by atoms with Gasteiger partial charge in [0.15, 0.2) is 0 Å². The highest BCUT2D eigenvalue weighted by Crippen LogP contribution is 2.15. The molecule has 0 saturated heterocycles. The van der Waals surface area contributed by atoms with Crippen LogP contribution < -0.4 is 10.2 Å². The molecule has 100 valence electrons. The van der Waals surface area contributed by atoms with Crippen molar-refractivity contribution in [1.29, 1.82) is 0 Å². The molecule has 0 bridgehead atoms. The van der Waals surface area contributed by atoms with Gasteiger partial charge in [-0.1, -0.05) is 18.2 Å². The Morgan fingerprint density at radius 3 is 2.74 bits per heavy atom. The van der Waals surface area contributed by atoms with Crippen LogP contribution in [0.4, 0.5) is 16.0 Å². The lowest BCUT2D eigenvalue weighted by atomic mass is 10.2. The largest absolute Gasteiger partial charge is 0.370 e. The van der Waals surface area contributed by atoms with E-state index in [1.54, 1.807) is 12.1 Å². The SMILES string of the molecule is CCNc1cccc(N(C)Cc2cccc(F)c2)n1. The van der Waals surface area contributed by atoms with Gasteiger partial charge in [0, 0.05) is 20.1 Å². The molecule has 0 saturated carbocycles. The minimum Gasteiger partial charge on any atom is -0.370 e. The van der Waals surface area contributed by atoms with Crippen LogP contribution in [0.1, 0.15) is 12.5 Å². The first-order valence-electron chi connectivity index (χ1n) is 6.35. The molecule has 0 aliphatic carbocycles. The predicted molar refractivity (Wildman–Crippen MR) is 76.9 cm³/mol. The Labute approximate surface area is 113 Å². The molecule has 4 heteroatoms. The van der Waals surface area contributed by atoms with Crippen molar-refractivity contribution >= 4 is 11.6 Å². The lowest BCUT2D eigenvalue weighted by molar-refractivity contribution is 0.625. The maximum absolute atomic E-state index is 13.1. The summed E-state index contributed by atoms with van der Waals surface area (Å²) in [5, 5.41) is 3.18. The Kier molecular flexibility index (Phi) is 4.34. The van der Waals surface area contributed by atoms with Crippen LogP contribution in [0.3, 0.4) is 0 Å². The average molecular weight is 259 g/mol. The second-order valence-electron chi connectivity index (χ2n) is 4.40. The maximum Gasteiger partial charge on any atom is 0.130 e. The fourth-order valence-corrected chi connectivity index (χ4v) is 1.91. The molecule has 0 amide bonds. The van der Waals surface area contributed by atoms with E-state index in [4.69, 9.17) is 0 Å². The third-order valence-electron chi connectivity index (χ3n) is 2.79. The second-order valence-corrected chi connectivity index (χ2v) is 4.40. The Hall–Kier alpha value is -2.10. The average Bonchev–Trinajstić information content (AvgIpc) is 2.39. The first-order chi connectivity index (χ1) is 9.19. The normalized spacial score (nSPS) is 10.3. The Bertz CT molecular complexity index is 542. The molecule has 0 fully saturated rings. The van der Waals surface area contributed by atoms with Gasteiger partial charge < -0.3 is 10.2 Å². The molecule has 0 aliphatic heterocycles. The number of nitrogens with one attached hydrogen (secondary N) is 1. The zero-order valence-electron chi connectivity index (χ0n) is 11.2. The van der Waals surface area contributed by atoms with Gasteiger partial charge in [-0.05, 0) is 36.8 Å². The summed E-state index contributed by atoms with van der Waals surface area (Å²) in [5.41, 5.74) is 0.929. The number of nitrogens with zero attached hydrogens (tertiary/aromatic N) is 2. The number of aromatic nitrogens is 1. The molecule has 1 aromatic carbocycles. The molecule has 1 heterocycles. The van der Waals surface area contributed by atoms with E-state index in [2.05, 4.69) is 10.3 Å². The minimum absolute atomic E-state index is 0.208. The molecule has 1 aromatic heterocycles. The molecular weight excluding hydrogens is 241 g/mol. The minimum atomic E-state index is -0.208. The van der Waals surface area contributed by atoms with Crippen molar-refractivity contribution in [2.75, 3.05) is 23.8 Å². The molecule has 0 atom stereocenters. The van der Waals surface area contributed by atoms with Crippen LogP contribution in [0.25, 0.3) is 0 Å². The number of rotatable bonds is 5. The van der Waals surface area contributed by atoms with Gasteiger partial charge in [0.25, 0.3) is 0 Å². The molecule has 0 unspecified atom stereocenters. The zero-order valence-corrected chi connectivity index (χ0v) is 11.2. The van der Waals surface area contributed by atoms with E-state index < -0.39 is 0 Å². The third kappa shape index (κ3) is 3.68. The Morgan fingerprint density at radius 1 is 1.21 bits per heavy atom. The van der Waals surface area contributed by atoms with Crippen LogP contribution in [0.2, 0.25) is 0 Å². The maximum atomic E-state index is 13.1.